The number of carbonyl (C=O) groups is 1. The van der Waals surface area contributed by atoms with Gasteiger partial charge in [-0.25, -0.2) is 0 Å². The van der Waals surface area contributed by atoms with Gasteiger partial charge in [0.2, 0.25) is 0 Å². The van der Waals surface area contributed by atoms with Gasteiger partial charge in [-0.15, -0.1) is 0 Å². The van der Waals surface area contributed by atoms with E-state index in [1.807, 2.05) is 42.9 Å². The second-order valence-electron chi connectivity index (χ2n) is 6.88. The van der Waals surface area contributed by atoms with Crippen molar-refractivity contribution in [3.63, 3.8) is 0 Å². The number of carbonyl (C=O) groups excluding carboxylic acids is 1. The molecule has 0 bridgehead atoms. The standard InChI is InChI=1S/C20H27ClN4O4S/c1-4-24(5-2)30(27,28)25-12-10-23(11-13-25)20(26)16-14-17(21)18(15-19(16)29-3)22-8-6-7-9-22/h6-9,14-15H,4-5,10-13H2,1-3H3. The summed E-state index contributed by atoms with van der Waals surface area (Å²) in [6.07, 6.45) is 3.72. The van der Waals surface area contributed by atoms with Crippen molar-refractivity contribution in [3.8, 4) is 11.4 Å². The molecular formula is C20H27ClN4O4S. The number of nitrogens with zero attached hydrogens (tertiary/aromatic N) is 4. The molecule has 0 saturated carbocycles. The molecule has 8 nitrogen and oxygen atoms in total. The van der Waals surface area contributed by atoms with Crippen LogP contribution in [0, 0.1) is 0 Å². The summed E-state index contributed by atoms with van der Waals surface area (Å²) in [5.74, 6) is 0.194. The predicted octanol–water partition coefficient (Wildman–Crippen LogP) is 2.48. The van der Waals surface area contributed by atoms with Crippen LogP contribution in [0.4, 0.5) is 0 Å². The number of ether oxygens (including phenoxy) is 1. The molecule has 2 heterocycles. The first kappa shape index (κ1) is 22.6. The van der Waals surface area contributed by atoms with Gasteiger partial charge in [0.15, 0.2) is 0 Å². The third-order valence-electron chi connectivity index (χ3n) is 5.27. The van der Waals surface area contributed by atoms with E-state index in [2.05, 4.69) is 0 Å². The maximum atomic E-state index is 13.1. The van der Waals surface area contributed by atoms with Crippen LogP contribution in [0.15, 0.2) is 36.7 Å². The zero-order chi connectivity index (χ0) is 21.9. The fourth-order valence-corrected chi connectivity index (χ4v) is 5.44. The van der Waals surface area contributed by atoms with Gasteiger partial charge in [-0.05, 0) is 18.2 Å². The maximum absolute atomic E-state index is 13.1. The summed E-state index contributed by atoms with van der Waals surface area (Å²) in [5, 5.41) is 0.429. The van der Waals surface area contributed by atoms with Gasteiger partial charge in [0.1, 0.15) is 5.75 Å². The molecule has 1 aliphatic heterocycles. The van der Waals surface area contributed by atoms with Crippen molar-refractivity contribution < 1.29 is 17.9 Å². The number of piperazine rings is 1. The highest BCUT2D eigenvalue weighted by atomic mass is 35.5. The third-order valence-corrected chi connectivity index (χ3v) is 7.76. The number of benzene rings is 1. The number of methoxy groups -OCH3 is 1. The lowest BCUT2D eigenvalue weighted by molar-refractivity contribution is 0.0691. The van der Waals surface area contributed by atoms with E-state index < -0.39 is 10.2 Å². The first-order chi connectivity index (χ1) is 14.3. The van der Waals surface area contributed by atoms with Crippen molar-refractivity contribution in [3.05, 3.63) is 47.2 Å². The van der Waals surface area contributed by atoms with Crippen molar-refractivity contribution >= 4 is 27.7 Å². The average Bonchev–Trinajstić information content (AvgIpc) is 3.28. The average molecular weight is 455 g/mol. The normalized spacial score (nSPS) is 15.6. The molecule has 0 unspecified atom stereocenters. The van der Waals surface area contributed by atoms with E-state index in [9.17, 15) is 13.2 Å². The highest BCUT2D eigenvalue weighted by Gasteiger charge is 2.33. The summed E-state index contributed by atoms with van der Waals surface area (Å²) in [5.41, 5.74) is 1.07. The highest BCUT2D eigenvalue weighted by Crippen LogP contribution is 2.31. The molecule has 0 N–H and O–H groups in total. The molecule has 1 aromatic heterocycles. The van der Waals surface area contributed by atoms with Crippen molar-refractivity contribution in [2.75, 3.05) is 46.4 Å². The SMILES string of the molecule is CCN(CC)S(=O)(=O)N1CCN(C(=O)c2cc(Cl)c(-n3cccc3)cc2OC)CC1. The molecule has 1 saturated heterocycles. The highest BCUT2D eigenvalue weighted by molar-refractivity contribution is 7.86. The molecule has 1 amide bonds. The Morgan fingerprint density at radius 3 is 2.23 bits per heavy atom. The van der Waals surface area contributed by atoms with Crippen LogP contribution < -0.4 is 4.74 Å². The quantitative estimate of drug-likeness (QED) is 0.644. The number of amides is 1. The minimum atomic E-state index is -3.51. The van der Waals surface area contributed by atoms with Crippen LogP contribution in [0.3, 0.4) is 0 Å². The van der Waals surface area contributed by atoms with Gasteiger partial charge in [-0.3, -0.25) is 4.79 Å². The van der Waals surface area contributed by atoms with Gasteiger partial charge < -0.3 is 14.2 Å². The Balaban J connectivity index is 1.78. The van der Waals surface area contributed by atoms with Gasteiger partial charge in [0, 0.05) is 57.7 Å². The molecule has 0 radical (unpaired) electrons. The van der Waals surface area contributed by atoms with Crippen LogP contribution in [0.5, 0.6) is 5.75 Å². The lowest BCUT2D eigenvalue weighted by atomic mass is 10.1. The van der Waals surface area contributed by atoms with Crippen molar-refractivity contribution in [1.29, 1.82) is 0 Å². The van der Waals surface area contributed by atoms with Gasteiger partial charge in [-0.1, -0.05) is 25.4 Å². The van der Waals surface area contributed by atoms with Gasteiger partial charge in [-0.2, -0.15) is 17.0 Å². The van der Waals surface area contributed by atoms with Crippen molar-refractivity contribution in [2.24, 2.45) is 0 Å². The molecule has 1 fully saturated rings. The molecule has 0 aliphatic carbocycles. The van der Waals surface area contributed by atoms with E-state index in [-0.39, 0.29) is 19.0 Å². The summed E-state index contributed by atoms with van der Waals surface area (Å²) in [6, 6.07) is 7.11. The summed E-state index contributed by atoms with van der Waals surface area (Å²) in [7, 11) is -2.00. The zero-order valence-electron chi connectivity index (χ0n) is 17.4. The number of aromatic nitrogens is 1. The molecule has 0 spiro atoms. The fourth-order valence-electron chi connectivity index (χ4n) is 3.58. The number of halogens is 1. The second kappa shape index (κ2) is 9.38. The Labute approximate surface area is 182 Å². The Morgan fingerprint density at radius 2 is 1.70 bits per heavy atom. The number of rotatable bonds is 7. The van der Waals surface area contributed by atoms with Crippen molar-refractivity contribution in [1.82, 2.24) is 18.1 Å². The minimum absolute atomic E-state index is 0.229. The molecule has 30 heavy (non-hydrogen) atoms. The summed E-state index contributed by atoms with van der Waals surface area (Å²) < 4.78 is 35.6. The van der Waals surface area contributed by atoms with E-state index >= 15 is 0 Å². The lowest BCUT2D eigenvalue weighted by Crippen LogP contribution is -2.54. The molecule has 164 valence electrons. The van der Waals surface area contributed by atoms with Crippen LogP contribution in [0.2, 0.25) is 5.02 Å². The third kappa shape index (κ3) is 4.34. The van der Waals surface area contributed by atoms with E-state index in [0.29, 0.717) is 48.2 Å². The Kier molecular flexibility index (Phi) is 7.07. The number of hydrogen-bond donors (Lipinski definition) is 0. The van der Waals surface area contributed by atoms with Crippen LogP contribution in [0.25, 0.3) is 5.69 Å². The van der Waals surface area contributed by atoms with Gasteiger partial charge >= 0.3 is 0 Å². The Hall–Kier alpha value is -2.07. The monoisotopic (exact) mass is 454 g/mol. The summed E-state index contributed by atoms with van der Waals surface area (Å²) >= 11 is 6.44. The van der Waals surface area contributed by atoms with Crippen LogP contribution in [0.1, 0.15) is 24.2 Å². The molecule has 3 rings (SSSR count). The van der Waals surface area contributed by atoms with E-state index in [4.69, 9.17) is 16.3 Å². The number of hydrogen-bond acceptors (Lipinski definition) is 4. The first-order valence-corrected chi connectivity index (χ1v) is 11.7. The first-order valence-electron chi connectivity index (χ1n) is 9.88. The fraction of sp³-hybridized carbons (Fsp3) is 0.450. The molecule has 2 aromatic rings. The molecule has 0 atom stereocenters. The molecule has 1 aromatic carbocycles. The smallest absolute Gasteiger partial charge is 0.282 e. The Morgan fingerprint density at radius 1 is 1.10 bits per heavy atom. The molecule has 1 aliphatic rings. The molecule has 10 heteroatoms. The maximum Gasteiger partial charge on any atom is 0.282 e. The van der Waals surface area contributed by atoms with E-state index in [1.165, 1.54) is 15.7 Å². The summed E-state index contributed by atoms with van der Waals surface area (Å²) in [4.78, 5) is 14.8. The minimum Gasteiger partial charge on any atom is -0.496 e. The van der Waals surface area contributed by atoms with Crippen LogP contribution in [-0.2, 0) is 10.2 Å². The zero-order valence-corrected chi connectivity index (χ0v) is 19.0. The Bertz CT molecular complexity index is 982. The van der Waals surface area contributed by atoms with Crippen LogP contribution in [-0.4, -0.2) is 78.8 Å². The lowest BCUT2D eigenvalue weighted by Gasteiger charge is -2.36. The van der Waals surface area contributed by atoms with Gasteiger partial charge in [0.05, 0.1) is 23.4 Å². The second-order valence-corrected chi connectivity index (χ2v) is 9.21. The predicted molar refractivity (Wildman–Crippen MR) is 117 cm³/mol. The van der Waals surface area contributed by atoms with Gasteiger partial charge in [0.25, 0.3) is 16.1 Å². The largest absolute Gasteiger partial charge is 0.496 e. The van der Waals surface area contributed by atoms with Crippen molar-refractivity contribution in [2.45, 2.75) is 13.8 Å². The molecular weight excluding hydrogens is 428 g/mol. The van der Waals surface area contributed by atoms with E-state index in [0.717, 1.165) is 0 Å². The van der Waals surface area contributed by atoms with Crippen LogP contribution >= 0.6 is 11.6 Å². The summed E-state index contributed by atoms with van der Waals surface area (Å²) in [6.45, 7) is 5.58. The topological polar surface area (TPSA) is 75.1 Å². The van der Waals surface area contributed by atoms with E-state index in [1.54, 1.807) is 17.0 Å².